The van der Waals surface area contributed by atoms with Crippen LogP contribution in [-0.2, 0) is 13.1 Å². The van der Waals surface area contributed by atoms with Gasteiger partial charge in [-0.1, -0.05) is 18.6 Å². The van der Waals surface area contributed by atoms with Crippen molar-refractivity contribution < 1.29 is 9.59 Å². The molecule has 0 aliphatic heterocycles. The number of carbonyl (C=O) groups is 2. The summed E-state index contributed by atoms with van der Waals surface area (Å²) < 4.78 is 0. The number of rotatable bonds is 8. The van der Waals surface area contributed by atoms with Gasteiger partial charge in [-0.2, -0.15) is 0 Å². The minimum Gasteiger partial charge on any atom is -0.338 e. The van der Waals surface area contributed by atoms with Crippen molar-refractivity contribution in [2.45, 2.75) is 38.8 Å². The fraction of sp³-hybridized carbons (Fsp3) is 0.455. The van der Waals surface area contributed by atoms with Gasteiger partial charge in [0.25, 0.3) is 0 Å². The molecule has 4 N–H and O–H groups in total. The van der Waals surface area contributed by atoms with Crippen molar-refractivity contribution >= 4 is 12.1 Å². The first kappa shape index (κ1) is 21.5. The highest BCUT2D eigenvalue weighted by atomic mass is 16.2. The second-order valence-electron chi connectivity index (χ2n) is 7.67. The Morgan fingerprint density at radius 2 is 1.27 bits per heavy atom. The van der Waals surface area contributed by atoms with Crippen molar-refractivity contribution in [3.8, 4) is 0 Å². The minimum atomic E-state index is -0.171. The highest BCUT2D eigenvalue weighted by molar-refractivity contribution is 5.74. The number of amides is 4. The van der Waals surface area contributed by atoms with E-state index in [4.69, 9.17) is 0 Å². The quantitative estimate of drug-likeness (QED) is 0.536. The number of hydrogen-bond donors (Lipinski definition) is 4. The Hall–Kier alpha value is -3.16. The van der Waals surface area contributed by atoms with E-state index in [1.54, 1.807) is 12.4 Å². The molecule has 2 atom stereocenters. The third-order valence-corrected chi connectivity index (χ3v) is 5.31. The van der Waals surface area contributed by atoms with Crippen LogP contribution in [0.5, 0.6) is 0 Å². The first-order valence-corrected chi connectivity index (χ1v) is 10.5. The van der Waals surface area contributed by atoms with E-state index in [0.717, 1.165) is 37.1 Å². The van der Waals surface area contributed by atoms with Crippen LogP contribution in [0.4, 0.5) is 9.59 Å². The van der Waals surface area contributed by atoms with E-state index in [9.17, 15) is 9.59 Å². The maximum atomic E-state index is 12.0. The largest absolute Gasteiger partial charge is 0.338 e. The summed E-state index contributed by atoms with van der Waals surface area (Å²) in [6, 6.07) is 10.9. The highest BCUT2D eigenvalue weighted by Crippen LogP contribution is 2.28. The summed E-state index contributed by atoms with van der Waals surface area (Å²) in [4.78, 5) is 32.4. The molecule has 2 aromatic heterocycles. The van der Waals surface area contributed by atoms with E-state index in [1.165, 1.54) is 0 Å². The van der Waals surface area contributed by atoms with Gasteiger partial charge in [0.05, 0.1) is 24.5 Å². The monoisotopic (exact) mass is 410 g/mol. The average molecular weight is 411 g/mol. The first-order valence-electron chi connectivity index (χ1n) is 10.5. The smallest absolute Gasteiger partial charge is 0.315 e. The number of nitrogens with zero attached hydrogens (tertiary/aromatic N) is 2. The van der Waals surface area contributed by atoms with Crippen LogP contribution < -0.4 is 21.3 Å². The summed E-state index contributed by atoms with van der Waals surface area (Å²) in [5.41, 5.74) is 1.66. The predicted molar refractivity (Wildman–Crippen MR) is 114 cm³/mol. The van der Waals surface area contributed by atoms with Gasteiger partial charge in [-0.15, -0.1) is 0 Å². The topological polar surface area (TPSA) is 108 Å². The van der Waals surface area contributed by atoms with Crippen LogP contribution in [-0.4, -0.2) is 35.1 Å². The fourth-order valence-corrected chi connectivity index (χ4v) is 3.72. The number of pyridine rings is 2. The number of nitrogens with one attached hydrogen (secondary N) is 4. The minimum absolute atomic E-state index is 0.171. The summed E-state index contributed by atoms with van der Waals surface area (Å²) in [7, 11) is 0. The Morgan fingerprint density at radius 3 is 1.70 bits per heavy atom. The van der Waals surface area contributed by atoms with Crippen molar-refractivity contribution in [2.24, 2.45) is 11.8 Å². The summed E-state index contributed by atoms with van der Waals surface area (Å²) >= 11 is 0. The standard InChI is InChI=1S/C22H30N6O2/c29-21(27-15-19-8-1-3-10-23-19)25-13-17-6-5-7-18(12-17)14-26-22(30)28-16-20-9-2-4-11-24-20/h1-4,8-11,17-18H,5-7,12-16H2,(H2,25,27,29)(H2,26,28,30)/t17-,18-/m0/s1. The molecule has 1 aliphatic carbocycles. The summed E-state index contributed by atoms with van der Waals surface area (Å²) in [6.45, 7) is 2.13. The lowest BCUT2D eigenvalue weighted by atomic mass is 9.81. The Balaban J connectivity index is 1.29. The third kappa shape index (κ3) is 7.69. The van der Waals surface area contributed by atoms with E-state index in [-0.39, 0.29) is 12.1 Å². The summed E-state index contributed by atoms with van der Waals surface area (Å²) in [5, 5.41) is 11.6. The molecule has 0 spiro atoms. The molecule has 30 heavy (non-hydrogen) atoms. The maximum Gasteiger partial charge on any atom is 0.315 e. The van der Waals surface area contributed by atoms with E-state index < -0.39 is 0 Å². The lowest BCUT2D eigenvalue weighted by Crippen LogP contribution is -2.41. The van der Waals surface area contributed by atoms with Gasteiger partial charge in [0.15, 0.2) is 0 Å². The molecule has 8 nitrogen and oxygen atoms in total. The molecule has 2 heterocycles. The fourth-order valence-electron chi connectivity index (χ4n) is 3.72. The predicted octanol–water partition coefficient (Wildman–Crippen LogP) is 2.58. The van der Waals surface area contributed by atoms with Crippen LogP contribution in [0.3, 0.4) is 0 Å². The summed E-state index contributed by atoms with van der Waals surface area (Å²) in [5.74, 6) is 0.866. The molecule has 1 saturated carbocycles. The van der Waals surface area contributed by atoms with Crippen molar-refractivity contribution in [1.29, 1.82) is 0 Å². The molecular weight excluding hydrogens is 380 g/mol. The highest BCUT2D eigenvalue weighted by Gasteiger charge is 2.22. The van der Waals surface area contributed by atoms with Crippen molar-refractivity contribution in [3.05, 3.63) is 60.2 Å². The van der Waals surface area contributed by atoms with Crippen LogP contribution in [0.15, 0.2) is 48.8 Å². The Labute approximate surface area is 177 Å². The van der Waals surface area contributed by atoms with Crippen LogP contribution >= 0.6 is 0 Å². The Kier molecular flexibility index (Phi) is 8.44. The lowest BCUT2D eigenvalue weighted by Gasteiger charge is -2.29. The molecule has 0 bridgehead atoms. The molecule has 1 aliphatic rings. The molecule has 0 radical (unpaired) electrons. The number of aromatic nitrogens is 2. The molecular formula is C22H30N6O2. The van der Waals surface area contributed by atoms with Gasteiger partial charge >= 0.3 is 12.1 Å². The van der Waals surface area contributed by atoms with E-state index >= 15 is 0 Å². The van der Waals surface area contributed by atoms with E-state index in [1.807, 2.05) is 36.4 Å². The van der Waals surface area contributed by atoms with Gasteiger partial charge in [-0.25, -0.2) is 9.59 Å². The summed E-state index contributed by atoms with van der Waals surface area (Å²) in [6.07, 6.45) is 7.74. The number of urea groups is 2. The van der Waals surface area contributed by atoms with Gasteiger partial charge in [-0.3, -0.25) is 9.97 Å². The molecule has 1 fully saturated rings. The van der Waals surface area contributed by atoms with Gasteiger partial charge in [0, 0.05) is 25.5 Å². The van der Waals surface area contributed by atoms with Crippen molar-refractivity contribution in [2.75, 3.05) is 13.1 Å². The first-order chi connectivity index (χ1) is 14.7. The lowest BCUT2D eigenvalue weighted by molar-refractivity contribution is 0.221. The van der Waals surface area contributed by atoms with Crippen LogP contribution in [0.25, 0.3) is 0 Å². The SMILES string of the molecule is O=C(NCc1ccccn1)NC[C@H]1CCC[C@H](CNC(=O)NCc2ccccn2)C1. The Morgan fingerprint density at radius 1 is 0.767 bits per heavy atom. The molecule has 0 saturated heterocycles. The van der Waals surface area contributed by atoms with Crippen LogP contribution in [0.1, 0.15) is 37.1 Å². The van der Waals surface area contributed by atoms with Gasteiger partial charge in [-0.05, 0) is 55.4 Å². The number of hydrogen-bond acceptors (Lipinski definition) is 4. The zero-order valence-corrected chi connectivity index (χ0v) is 17.1. The molecule has 2 aromatic rings. The maximum absolute atomic E-state index is 12.0. The van der Waals surface area contributed by atoms with Crippen LogP contribution in [0.2, 0.25) is 0 Å². The van der Waals surface area contributed by atoms with E-state index in [2.05, 4.69) is 31.2 Å². The van der Waals surface area contributed by atoms with Gasteiger partial charge < -0.3 is 21.3 Å². The average Bonchev–Trinajstić information content (AvgIpc) is 2.80. The van der Waals surface area contributed by atoms with Gasteiger partial charge in [0.1, 0.15) is 0 Å². The second kappa shape index (κ2) is 11.7. The van der Waals surface area contributed by atoms with Crippen molar-refractivity contribution in [3.63, 3.8) is 0 Å². The second-order valence-corrected chi connectivity index (χ2v) is 7.67. The zero-order chi connectivity index (χ0) is 21.0. The molecule has 4 amide bonds. The molecule has 8 heteroatoms. The zero-order valence-electron chi connectivity index (χ0n) is 17.1. The van der Waals surface area contributed by atoms with Gasteiger partial charge in [0.2, 0.25) is 0 Å². The van der Waals surface area contributed by atoms with Crippen molar-refractivity contribution in [1.82, 2.24) is 31.2 Å². The number of carbonyl (C=O) groups excluding carboxylic acids is 2. The van der Waals surface area contributed by atoms with Crippen LogP contribution in [0, 0.1) is 11.8 Å². The molecule has 0 aromatic carbocycles. The molecule has 0 unspecified atom stereocenters. The van der Waals surface area contributed by atoms with E-state index in [0.29, 0.717) is 38.0 Å². The molecule has 3 rings (SSSR count). The third-order valence-electron chi connectivity index (χ3n) is 5.31. The molecule has 160 valence electrons. The normalized spacial score (nSPS) is 18.3. The Bertz CT molecular complexity index is 721.